The van der Waals surface area contributed by atoms with Crippen LogP contribution in [0.4, 0.5) is 0 Å². The number of nitrogens with zero attached hydrogens (tertiary/aromatic N) is 1. The van der Waals surface area contributed by atoms with E-state index in [-0.39, 0.29) is 0 Å². The van der Waals surface area contributed by atoms with E-state index in [9.17, 15) is 0 Å². The summed E-state index contributed by atoms with van der Waals surface area (Å²) in [4.78, 5) is 2.54. The molecule has 94 valence electrons. The summed E-state index contributed by atoms with van der Waals surface area (Å²) in [7, 11) is 0. The average molecular weight is 317 g/mol. The van der Waals surface area contributed by atoms with Crippen LogP contribution in [0.25, 0.3) is 0 Å². The van der Waals surface area contributed by atoms with E-state index in [0.717, 1.165) is 22.0 Å². The lowest BCUT2D eigenvalue weighted by Crippen LogP contribution is -2.40. The fourth-order valence-corrected chi connectivity index (χ4v) is 3.20. The minimum absolute atomic E-state index is 0.672. The Hall–Kier alpha value is -0.0500. The van der Waals surface area contributed by atoms with E-state index < -0.39 is 0 Å². The molecule has 1 aromatic rings. The summed E-state index contributed by atoms with van der Waals surface area (Å²) in [6, 6.07) is 6.85. The van der Waals surface area contributed by atoms with Crippen molar-refractivity contribution in [1.29, 1.82) is 0 Å². The van der Waals surface area contributed by atoms with Gasteiger partial charge in [0.05, 0.1) is 0 Å². The van der Waals surface area contributed by atoms with Crippen molar-refractivity contribution in [3.05, 3.63) is 33.3 Å². The molecule has 0 radical (unpaired) electrons. The summed E-state index contributed by atoms with van der Waals surface area (Å²) in [6.07, 6.45) is 2.65. The van der Waals surface area contributed by atoms with E-state index in [1.54, 1.807) is 0 Å². The Kier molecular flexibility index (Phi) is 4.51. The maximum absolute atomic E-state index is 6.28. The molecule has 0 N–H and O–H groups in total. The molecule has 1 aliphatic heterocycles. The van der Waals surface area contributed by atoms with Crippen LogP contribution in [0, 0.1) is 5.92 Å². The molecule has 2 atom stereocenters. The normalized spacial score (nSPS) is 26.1. The van der Waals surface area contributed by atoms with Crippen molar-refractivity contribution in [1.82, 2.24) is 4.90 Å². The van der Waals surface area contributed by atoms with Crippen LogP contribution in [0.1, 0.15) is 32.3 Å². The van der Waals surface area contributed by atoms with Crippen LogP contribution >= 0.6 is 27.5 Å². The summed E-state index contributed by atoms with van der Waals surface area (Å²) in [5, 5.41) is 0.866. The monoisotopic (exact) mass is 315 g/mol. The maximum atomic E-state index is 6.28. The van der Waals surface area contributed by atoms with Gasteiger partial charge in [0.15, 0.2) is 0 Å². The third kappa shape index (κ3) is 3.46. The molecular formula is C14H19BrClN. The van der Waals surface area contributed by atoms with Crippen LogP contribution in [0.15, 0.2) is 22.7 Å². The fourth-order valence-electron chi connectivity index (χ4n) is 2.47. The lowest BCUT2D eigenvalue weighted by molar-refractivity contribution is 0.117. The van der Waals surface area contributed by atoms with Crippen LogP contribution < -0.4 is 0 Å². The molecule has 1 aliphatic rings. The molecule has 1 heterocycles. The molecule has 0 saturated carbocycles. The van der Waals surface area contributed by atoms with Crippen LogP contribution in [-0.4, -0.2) is 17.5 Å². The van der Waals surface area contributed by atoms with Crippen molar-refractivity contribution in [2.75, 3.05) is 6.54 Å². The predicted molar refractivity (Wildman–Crippen MR) is 77.4 cm³/mol. The van der Waals surface area contributed by atoms with E-state index in [1.807, 2.05) is 6.07 Å². The number of likely N-dealkylation sites (tertiary alicyclic amines) is 1. The zero-order chi connectivity index (χ0) is 12.4. The van der Waals surface area contributed by atoms with Crippen LogP contribution in [0.2, 0.25) is 5.02 Å². The molecule has 0 aliphatic carbocycles. The number of halogens is 2. The van der Waals surface area contributed by atoms with Crippen molar-refractivity contribution >= 4 is 27.5 Å². The van der Waals surface area contributed by atoms with Gasteiger partial charge in [0.1, 0.15) is 0 Å². The second kappa shape index (κ2) is 5.73. The molecule has 3 heteroatoms. The average Bonchev–Trinajstić information content (AvgIpc) is 2.27. The number of hydrogen-bond acceptors (Lipinski definition) is 1. The highest BCUT2D eigenvalue weighted by Crippen LogP contribution is 2.27. The van der Waals surface area contributed by atoms with Gasteiger partial charge in [-0.15, -0.1) is 0 Å². The number of hydrogen-bond donors (Lipinski definition) is 0. The van der Waals surface area contributed by atoms with E-state index in [2.05, 4.69) is 46.8 Å². The van der Waals surface area contributed by atoms with Gasteiger partial charge in [-0.3, -0.25) is 4.90 Å². The SMILES string of the molecule is CC1CCC(C)N(Cc2ccc(Br)cc2Cl)C1. The molecular weight excluding hydrogens is 298 g/mol. The smallest absolute Gasteiger partial charge is 0.0462 e. The maximum Gasteiger partial charge on any atom is 0.0462 e. The van der Waals surface area contributed by atoms with E-state index in [4.69, 9.17) is 11.6 Å². The van der Waals surface area contributed by atoms with Crippen molar-refractivity contribution < 1.29 is 0 Å². The van der Waals surface area contributed by atoms with Crippen LogP contribution in [0.3, 0.4) is 0 Å². The number of rotatable bonds is 2. The molecule has 1 saturated heterocycles. The van der Waals surface area contributed by atoms with Crippen LogP contribution in [0.5, 0.6) is 0 Å². The molecule has 0 spiro atoms. The Balaban J connectivity index is 2.08. The van der Waals surface area contributed by atoms with Gasteiger partial charge in [0.25, 0.3) is 0 Å². The Morgan fingerprint density at radius 1 is 1.35 bits per heavy atom. The first kappa shape index (κ1) is 13.4. The lowest BCUT2D eigenvalue weighted by Gasteiger charge is -2.37. The van der Waals surface area contributed by atoms with Crippen molar-refractivity contribution in [3.63, 3.8) is 0 Å². The highest BCUT2D eigenvalue weighted by atomic mass is 79.9. The van der Waals surface area contributed by atoms with Crippen molar-refractivity contribution in [3.8, 4) is 0 Å². The minimum Gasteiger partial charge on any atom is -0.296 e. The van der Waals surface area contributed by atoms with Gasteiger partial charge in [0.2, 0.25) is 0 Å². The van der Waals surface area contributed by atoms with Gasteiger partial charge >= 0.3 is 0 Å². The molecule has 0 aromatic heterocycles. The van der Waals surface area contributed by atoms with Gasteiger partial charge in [-0.05, 0) is 43.4 Å². The molecule has 1 aromatic carbocycles. The third-order valence-electron chi connectivity index (χ3n) is 3.64. The Morgan fingerprint density at radius 3 is 2.82 bits per heavy atom. The Bertz CT molecular complexity index is 394. The Labute approximate surface area is 117 Å². The zero-order valence-corrected chi connectivity index (χ0v) is 12.8. The number of benzene rings is 1. The third-order valence-corrected chi connectivity index (χ3v) is 4.48. The number of piperidine rings is 1. The lowest BCUT2D eigenvalue weighted by atomic mass is 9.94. The first-order chi connectivity index (χ1) is 8.06. The molecule has 2 rings (SSSR count). The standard InChI is InChI=1S/C14H19BrClN/c1-10-3-4-11(2)17(8-10)9-12-5-6-13(15)7-14(12)16/h5-7,10-11H,3-4,8-9H2,1-2H3. The summed E-state index contributed by atoms with van der Waals surface area (Å²) in [6.45, 7) is 6.81. The van der Waals surface area contributed by atoms with E-state index >= 15 is 0 Å². The van der Waals surface area contributed by atoms with Crippen molar-refractivity contribution in [2.45, 2.75) is 39.3 Å². The second-order valence-corrected chi connectivity index (χ2v) is 6.52. The predicted octanol–water partition coefficient (Wildman–Crippen LogP) is 4.72. The fraction of sp³-hybridized carbons (Fsp3) is 0.571. The first-order valence-corrected chi connectivity index (χ1v) is 7.41. The van der Waals surface area contributed by atoms with Gasteiger partial charge in [-0.25, -0.2) is 0 Å². The van der Waals surface area contributed by atoms with Crippen molar-refractivity contribution in [2.24, 2.45) is 5.92 Å². The van der Waals surface area contributed by atoms with Gasteiger partial charge in [0, 0.05) is 28.6 Å². The molecule has 1 nitrogen and oxygen atoms in total. The van der Waals surface area contributed by atoms with Gasteiger partial charge in [-0.1, -0.05) is 40.5 Å². The van der Waals surface area contributed by atoms with Crippen LogP contribution in [-0.2, 0) is 6.54 Å². The summed E-state index contributed by atoms with van der Waals surface area (Å²) in [5.41, 5.74) is 1.23. The molecule has 1 fully saturated rings. The quantitative estimate of drug-likeness (QED) is 0.763. The molecule has 17 heavy (non-hydrogen) atoms. The Morgan fingerprint density at radius 2 is 2.12 bits per heavy atom. The highest BCUT2D eigenvalue weighted by Gasteiger charge is 2.23. The summed E-state index contributed by atoms with van der Waals surface area (Å²) >= 11 is 9.72. The largest absolute Gasteiger partial charge is 0.296 e. The summed E-state index contributed by atoms with van der Waals surface area (Å²) in [5.74, 6) is 0.806. The zero-order valence-electron chi connectivity index (χ0n) is 10.4. The molecule has 2 unspecified atom stereocenters. The first-order valence-electron chi connectivity index (χ1n) is 6.24. The minimum atomic E-state index is 0.672. The van der Waals surface area contributed by atoms with Gasteiger partial charge in [-0.2, -0.15) is 0 Å². The van der Waals surface area contributed by atoms with Gasteiger partial charge < -0.3 is 0 Å². The summed E-state index contributed by atoms with van der Waals surface area (Å²) < 4.78 is 1.05. The molecule has 0 bridgehead atoms. The molecule has 0 amide bonds. The topological polar surface area (TPSA) is 3.24 Å². The highest BCUT2D eigenvalue weighted by molar-refractivity contribution is 9.10. The van der Waals surface area contributed by atoms with E-state index in [0.29, 0.717) is 6.04 Å². The second-order valence-electron chi connectivity index (χ2n) is 5.20. The van der Waals surface area contributed by atoms with E-state index in [1.165, 1.54) is 24.9 Å².